The molecule has 0 unspecified atom stereocenters. The Labute approximate surface area is 246 Å². The normalized spacial score (nSPS) is 10.7. The molecule has 0 aliphatic rings. The first-order valence-corrected chi connectivity index (χ1v) is 13.1. The molecule has 4 aromatic carbocycles. The van der Waals surface area contributed by atoms with E-state index >= 15 is 0 Å². The Morgan fingerprint density at radius 1 is 0.857 bits per heavy atom. The molecule has 1 amide bonds. The number of halogens is 2. The molecule has 212 valence electrons. The number of benzene rings is 4. The lowest BCUT2D eigenvalue weighted by Gasteiger charge is -2.11. The summed E-state index contributed by atoms with van der Waals surface area (Å²) in [7, 11) is 3.06. The predicted molar refractivity (Wildman–Crippen MR) is 158 cm³/mol. The fourth-order valence-electron chi connectivity index (χ4n) is 4.39. The number of amides is 1. The Bertz CT molecular complexity index is 1770. The van der Waals surface area contributed by atoms with Gasteiger partial charge in [0, 0.05) is 28.8 Å². The number of carbonyl (C=O) groups is 2. The van der Waals surface area contributed by atoms with E-state index in [2.05, 4.69) is 5.32 Å². The van der Waals surface area contributed by atoms with Gasteiger partial charge in [-0.15, -0.1) is 0 Å². The Kier molecular flexibility index (Phi) is 8.21. The molecule has 8 nitrogen and oxygen atoms in total. The molecule has 1 N–H and O–H groups in total. The van der Waals surface area contributed by atoms with Crippen molar-refractivity contribution < 1.29 is 28.2 Å². The second kappa shape index (κ2) is 12.2. The van der Waals surface area contributed by atoms with Crippen LogP contribution in [-0.2, 0) is 4.79 Å². The molecule has 1 aromatic heterocycles. The van der Waals surface area contributed by atoms with Crippen LogP contribution in [0.15, 0.2) is 91.0 Å². The van der Waals surface area contributed by atoms with E-state index in [1.807, 2.05) is 0 Å². The number of aromatic nitrogens is 2. The molecular weight excluding hydrogens is 561 g/mol. The van der Waals surface area contributed by atoms with Crippen LogP contribution in [-0.4, -0.2) is 35.9 Å². The van der Waals surface area contributed by atoms with E-state index in [1.54, 1.807) is 72.8 Å². The number of ether oxygens (including phenoxy) is 3. The zero-order valence-corrected chi connectivity index (χ0v) is 23.6. The summed E-state index contributed by atoms with van der Waals surface area (Å²) in [6, 6.07) is 24.6. The van der Waals surface area contributed by atoms with Crippen LogP contribution in [0.4, 0.5) is 10.1 Å². The van der Waals surface area contributed by atoms with E-state index in [0.29, 0.717) is 55.8 Å². The molecule has 0 atom stereocenters. The largest absolute Gasteiger partial charge is 0.493 e. The summed E-state index contributed by atoms with van der Waals surface area (Å²) in [6.07, 6.45) is 0. The first kappa shape index (κ1) is 28.4. The molecule has 5 rings (SSSR count). The van der Waals surface area contributed by atoms with Crippen molar-refractivity contribution in [3.63, 3.8) is 0 Å². The van der Waals surface area contributed by atoms with Gasteiger partial charge in [0.1, 0.15) is 11.5 Å². The lowest BCUT2D eigenvalue weighted by atomic mass is 10.0. The van der Waals surface area contributed by atoms with Gasteiger partial charge in [-0.05, 0) is 78.4 Å². The number of anilines is 1. The zero-order valence-electron chi connectivity index (χ0n) is 22.9. The van der Waals surface area contributed by atoms with Crippen LogP contribution in [0.2, 0.25) is 5.02 Å². The van der Waals surface area contributed by atoms with Gasteiger partial charge in [0.05, 0.1) is 25.5 Å². The van der Waals surface area contributed by atoms with Gasteiger partial charge in [-0.3, -0.25) is 9.59 Å². The molecule has 0 aliphatic heterocycles. The van der Waals surface area contributed by atoms with Crippen LogP contribution in [0, 0.1) is 5.82 Å². The maximum Gasteiger partial charge on any atom is 0.309 e. The van der Waals surface area contributed by atoms with Crippen molar-refractivity contribution in [2.24, 2.45) is 0 Å². The van der Waals surface area contributed by atoms with E-state index in [4.69, 9.17) is 30.9 Å². The van der Waals surface area contributed by atoms with Crippen molar-refractivity contribution in [3.05, 3.63) is 107 Å². The number of methoxy groups -OCH3 is 2. The number of carbonyl (C=O) groups excluding carboxylic acids is 2. The monoisotopic (exact) mass is 585 g/mol. The summed E-state index contributed by atoms with van der Waals surface area (Å²) in [6.45, 7) is 1.28. The summed E-state index contributed by atoms with van der Waals surface area (Å²) >= 11 is 5.93. The van der Waals surface area contributed by atoms with Gasteiger partial charge in [0.25, 0.3) is 5.91 Å². The fraction of sp³-hybridized carbons (Fsp3) is 0.0938. The van der Waals surface area contributed by atoms with Crippen LogP contribution in [0.3, 0.4) is 0 Å². The van der Waals surface area contributed by atoms with Crippen molar-refractivity contribution in [1.82, 2.24) is 9.78 Å². The van der Waals surface area contributed by atoms with Gasteiger partial charge in [0.15, 0.2) is 11.5 Å². The predicted octanol–water partition coefficient (Wildman–Crippen LogP) is 7.19. The average molecular weight is 586 g/mol. The van der Waals surface area contributed by atoms with E-state index in [0.717, 1.165) is 0 Å². The second-order valence-electron chi connectivity index (χ2n) is 9.12. The lowest BCUT2D eigenvalue weighted by Crippen LogP contribution is -2.11. The van der Waals surface area contributed by atoms with Crippen molar-refractivity contribution in [3.8, 4) is 45.5 Å². The van der Waals surface area contributed by atoms with Gasteiger partial charge in [-0.25, -0.2) is 4.39 Å². The maximum atomic E-state index is 14.3. The highest BCUT2D eigenvalue weighted by Gasteiger charge is 2.25. The van der Waals surface area contributed by atoms with Crippen LogP contribution < -0.4 is 19.5 Å². The van der Waals surface area contributed by atoms with Crippen LogP contribution >= 0.6 is 11.6 Å². The van der Waals surface area contributed by atoms with Gasteiger partial charge < -0.3 is 19.5 Å². The topological polar surface area (TPSA) is 91.7 Å². The Balaban J connectivity index is 1.64. The van der Waals surface area contributed by atoms with Gasteiger partial charge in [0.2, 0.25) is 5.88 Å². The highest BCUT2D eigenvalue weighted by molar-refractivity contribution is 6.30. The third kappa shape index (κ3) is 5.96. The first-order chi connectivity index (χ1) is 20.3. The number of hydrogen-bond acceptors (Lipinski definition) is 6. The summed E-state index contributed by atoms with van der Waals surface area (Å²) in [4.78, 5) is 25.0. The van der Waals surface area contributed by atoms with E-state index in [1.165, 1.54) is 44.0 Å². The summed E-state index contributed by atoms with van der Waals surface area (Å²) in [5.74, 6) is -0.281. The SMILES string of the molecule is COc1ccc(-c2nn(-c3cccc(F)c3)c(OC(C)=O)c2-c2ccc(NC(=O)c3ccc(Cl)cc3)cc2)cc1OC. The highest BCUT2D eigenvalue weighted by Crippen LogP contribution is 2.43. The number of hydrogen-bond donors (Lipinski definition) is 1. The third-order valence-electron chi connectivity index (χ3n) is 6.33. The second-order valence-corrected chi connectivity index (χ2v) is 9.56. The van der Waals surface area contributed by atoms with E-state index in [9.17, 15) is 14.0 Å². The molecule has 0 spiro atoms. The summed E-state index contributed by atoms with van der Waals surface area (Å²) < 4.78 is 32.2. The Morgan fingerprint density at radius 2 is 1.55 bits per heavy atom. The number of nitrogens with zero attached hydrogens (tertiary/aromatic N) is 2. The van der Waals surface area contributed by atoms with Crippen LogP contribution in [0.5, 0.6) is 17.4 Å². The standard InChI is InChI=1S/C32H25ClFN3O5/c1-19(38)42-32-29(20-9-14-25(15-10-20)35-31(39)21-7-12-23(33)13-8-21)30(22-11-16-27(40-2)28(17-22)41-3)36-37(32)26-6-4-5-24(34)18-26/h4-18H,1-3H3,(H,35,39). The number of esters is 1. The minimum atomic E-state index is -0.584. The highest BCUT2D eigenvalue weighted by atomic mass is 35.5. The maximum absolute atomic E-state index is 14.3. The Hall–Kier alpha value is -5.15. The molecule has 0 aliphatic carbocycles. The van der Waals surface area contributed by atoms with Crippen molar-refractivity contribution in [2.45, 2.75) is 6.92 Å². The molecule has 10 heteroatoms. The van der Waals surface area contributed by atoms with Crippen molar-refractivity contribution >= 4 is 29.2 Å². The number of rotatable bonds is 8. The fourth-order valence-corrected chi connectivity index (χ4v) is 4.51. The molecule has 5 aromatic rings. The van der Waals surface area contributed by atoms with Crippen molar-refractivity contribution in [1.29, 1.82) is 0 Å². The zero-order chi connectivity index (χ0) is 29.8. The molecule has 42 heavy (non-hydrogen) atoms. The van der Waals surface area contributed by atoms with Crippen LogP contribution in [0.25, 0.3) is 28.1 Å². The van der Waals surface area contributed by atoms with Gasteiger partial charge in [-0.1, -0.05) is 29.8 Å². The number of nitrogens with one attached hydrogen (secondary N) is 1. The van der Waals surface area contributed by atoms with Gasteiger partial charge in [-0.2, -0.15) is 9.78 Å². The minimum Gasteiger partial charge on any atom is -0.493 e. The molecule has 0 bridgehead atoms. The average Bonchev–Trinajstić information content (AvgIpc) is 3.35. The summed E-state index contributed by atoms with van der Waals surface area (Å²) in [5.41, 5.74) is 3.51. The molecule has 0 radical (unpaired) electrons. The molecule has 1 heterocycles. The van der Waals surface area contributed by atoms with Crippen molar-refractivity contribution in [2.75, 3.05) is 19.5 Å². The van der Waals surface area contributed by atoms with Gasteiger partial charge >= 0.3 is 5.97 Å². The van der Waals surface area contributed by atoms with Crippen LogP contribution in [0.1, 0.15) is 17.3 Å². The molecule has 0 fully saturated rings. The quantitative estimate of drug-likeness (QED) is 0.194. The molecule has 0 saturated carbocycles. The lowest BCUT2D eigenvalue weighted by molar-refractivity contribution is -0.132. The Morgan fingerprint density at radius 3 is 2.19 bits per heavy atom. The van der Waals surface area contributed by atoms with E-state index < -0.39 is 11.8 Å². The van der Waals surface area contributed by atoms with E-state index in [-0.39, 0.29) is 11.8 Å². The smallest absolute Gasteiger partial charge is 0.309 e. The third-order valence-corrected chi connectivity index (χ3v) is 6.58. The first-order valence-electron chi connectivity index (χ1n) is 12.7. The molecule has 0 saturated heterocycles. The summed E-state index contributed by atoms with van der Waals surface area (Å²) in [5, 5.41) is 8.15. The molecular formula is C32H25ClFN3O5. The minimum absolute atomic E-state index is 0.0934.